The van der Waals surface area contributed by atoms with Gasteiger partial charge in [0.1, 0.15) is 0 Å². The predicted octanol–water partition coefficient (Wildman–Crippen LogP) is 3.84. The van der Waals surface area contributed by atoms with E-state index in [0.29, 0.717) is 36.0 Å². The number of pyridine rings is 1. The van der Waals surface area contributed by atoms with E-state index < -0.39 is 0 Å². The van der Waals surface area contributed by atoms with E-state index >= 15 is 0 Å². The van der Waals surface area contributed by atoms with Crippen LogP contribution >= 0.6 is 11.8 Å². The molecule has 0 aliphatic carbocycles. The third-order valence-electron chi connectivity index (χ3n) is 6.68. The fourth-order valence-corrected chi connectivity index (χ4v) is 5.35. The molecule has 3 rings (SSSR count). The molecule has 1 saturated heterocycles. The topological polar surface area (TPSA) is 104 Å². The van der Waals surface area contributed by atoms with Gasteiger partial charge in [0.25, 0.3) is 11.5 Å². The van der Waals surface area contributed by atoms with Gasteiger partial charge >= 0.3 is 0 Å². The molecule has 200 valence electrons. The van der Waals surface area contributed by atoms with Crippen LogP contribution < -0.4 is 21.1 Å². The summed E-state index contributed by atoms with van der Waals surface area (Å²) in [6.45, 7) is 13.9. The van der Waals surface area contributed by atoms with E-state index in [1.54, 1.807) is 6.92 Å². The maximum Gasteiger partial charge on any atom is 0.254 e. The number of aryl methyl sites for hydroxylation is 1. The molecule has 0 radical (unpaired) electrons. The Morgan fingerprint density at radius 1 is 1.16 bits per heavy atom. The maximum atomic E-state index is 13.5. The van der Waals surface area contributed by atoms with E-state index in [0.717, 1.165) is 46.8 Å². The highest BCUT2D eigenvalue weighted by atomic mass is 32.2. The normalized spacial score (nSPS) is 13.8. The van der Waals surface area contributed by atoms with Gasteiger partial charge in [0.15, 0.2) is 0 Å². The first kappa shape index (κ1) is 28.5. The highest BCUT2D eigenvalue weighted by molar-refractivity contribution is 7.98. The van der Waals surface area contributed by atoms with Gasteiger partial charge in [-0.3, -0.25) is 14.4 Å². The summed E-state index contributed by atoms with van der Waals surface area (Å²) in [6, 6.07) is 6.10. The fourth-order valence-electron chi connectivity index (χ4n) is 4.65. The number of rotatable bonds is 10. The number of H-pyrrole nitrogens is 1. The van der Waals surface area contributed by atoms with E-state index in [1.165, 1.54) is 11.8 Å². The molecule has 0 saturated carbocycles. The minimum atomic E-state index is -0.262. The minimum Gasteiger partial charge on any atom is -0.381 e. The summed E-state index contributed by atoms with van der Waals surface area (Å²) in [7, 11) is 0. The summed E-state index contributed by atoms with van der Waals surface area (Å²) in [6.07, 6.45) is 3.74. The Labute approximate surface area is 223 Å². The van der Waals surface area contributed by atoms with Crippen LogP contribution in [0.4, 0.5) is 5.69 Å². The number of amides is 2. The summed E-state index contributed by atoms with van der Waals surface area (Å²) in [5.41, 5.74) is 4.73. The summed E-state index contributed by atoms with van der Waals surface area (Å²) in [4.78, 5) is 44.2. The molecule has 3 N–H and O–H groups in total. The SMILES string of the molecule is C=C(C)C(=O)NCc1cc(C(=O)NCc2c(SC)cc(C)[nH]c2=O)c(C)c(N(CC)C2CCOCC2)c1. The molecule has 0 unspecified atom stereocenters. The smallest absolute Gasteiger partial charge is 0.254 e. The van der Waals surface area contributed by atoms with Gasteiger partial charge in [-0.2, -0.15) is 0 Å². The summed E-state index contributed by atoms with van der Waals surface area (Å²) in [5, 5.41) is 5.83. The van der Waals surface area contributed by atoms with Crippen LogP contribution in [-0.4, -0.2) is 48.9 Å². The summed E-state index contributed by atoms with van der Waals surface area (Å²) in [5.74, 6) is -0.491. The number of thioether (sulfide) groups is 1. The average Bonchev–Trinajstić information content (AvgIpc) is 2.88. The van der Waals surface area contributed by atoms with E-state index in [1.807, 2.05) is 32.2 Å². The van der Waals surface area contributed by atoms with Crippen LogP contribution in [0.25, 0.3) is 0 Å². The van der Waals surface area contributed by atoms with Crippen molar-refractivity contribution in [2.24, 2.45) is 0 Å². The lowest BCUT2D eigenvalue weighted by atomic mass is 9.98. The number of carbonyl (C=O) groups is 2. The molecule has 2 amide bonds. The lowest BCUT2D eigenvalue weighted by Gasteiger charge is -2.37. The maximum absolute atomic E-state index is 13.5. The van der Waals surface area contributed by atoms with Crippen molar-refractivity contribution in [2.75, 3.05) is 30.9 Å². The molecule has 37 heavy (non-hydrogen) atoms. The lowest BCUT2D eigenvalue weighted by Crippen LogP contribution is -2.40. The molecule has 1 aromatic carbocycles. The van der Waals surface area contributed by atoms with Crippen molar-refractivity contribution >= 4 is 29.3 Å². The molecule has 8 nitrogen and oxygen atoms in total. The van der Waals surface area contributed by atoms with Crippen molar-refractivity contribution in [1.29, 1.82) is 0 Å². The van der Waals surface area contributed by atoms with Gasteiger partial charge in [0, 0.05) is 71.9 Å². The van der Waals surface area contributed by atoms with E-state index in [4.69, 9.17) is 4.74 Å². The summed E-state index contributed by atoms with van der Waals surface area (Å²) >= 11 is 1.48. The van der Waals surface area contributed by atoms with Crippen molar-refractivity contribution in [3.05, 3.63) is 68.7 Å². The molecular formula is C28H38N4O4S. The second-order valence-corrected chi connectivity index (χ2v) is 10.2. The number of carbonyl (C=O) groups excluding carboxylic acids is 2. The van der Waals surface area contributed by atoms with Crippen LogP contribution in [0.2, 0.25) is 0 Å². The standard InChI is InChI=1S/C28H38N4O4S/c1-7-32(21-8-10-36-11-9-21)24-14-20(15-29-26(33)17(2)3)13-22(19(24)5)27(34)30-16-23-25(37-6)12-18(4)31-28(23)35/h12-14,21H,2,7-11,15-16H2,1,3-6H3,(H,29,33)(H,30,34)(H,31,35). The first-order valence-electron chi connectivity index (χ1n) is 12.6. The van der Waals surface area contributed by atoms with Gasteiger partial charge in [0.2, 0.25) is 5.91 Å². The number of ether oxygens (including phenoxy) is 1. The van der Waals surface area contributed by atoms with Crippen molar-refractivity contribution in [2.45, 2.75) is 64.6 Å². The number of nitrogens with zero attached hydrogens (tertiary/aromatic N) is 1. The third kappa shape index (κ3) is 7.05. The van der Waals surface area contributed by atoms with Crippen LogP contribution in [0, 0.1) is 13.8 Å². The van der Waals surface area contributed by atoms with Crippen LogP contribution in [0.15, 0.2) is 40.0 Å². The van der Waals surface area contributed by atoms with Gasteiger partial charge in [-0.15, -0.1) is 11.8 Å². The fraction of sp³-hybridized carbons (Fsp3) is 0.464. The highest BCUT2D eigenvalue weighted by Gasteiger charge is 2.25. The molecule has 9 heteroatoms. The predicted molar refractivity (Wildman–Crippen MR) is 149 cm³/mol. The Morgan fingerprint density at radius 3 is 2.49 bits per heavy atom. The van der Waals surface area contributed by atoms with Crippen molar-refractivity contribution in [3.8, 4) is 0 Å². The monoisotopic (exact) mass is 526 g/mol. The molecule has 1 aromatic heterocycles. The first-order chi connectivity index (χ1) is 17.7. The lowest BCUT2D eigenvalue weighted by molar-refractivity contribution is -0.117. The quantitative estimate of drug-likeness (QED) is 0.321. The number of benzene rings is 1. The number of anilines is 1. The second-order valence-electron chi connectivity index (χ2n) is 9.39. The molecule has 2 aromatic rings. The van der Waals surface area contributed by atoms with Crippen LogP contribution in [0.5, 0.6) is 0 Å². The van der Waals surface area contributed by atoms with Crippen molar-refractivity contribution < 1.29 is 14.3 Å². The molecule has 2 heterocycles. The average molecular weight is 527 g/mol. The molecule has 1 fully saturated rings. The molecule has 1 aliphatic heterocycles. The molecule has 0 spiro atoms. The molecule has 0 bridgehead atoms. The van der Waals surface area contributed by atoms with Crippen molar-refractivity contribution in [1.82, 2.24) is 15.6 Å². The van der Waals surface area contributed by atoms with Gasteiger partial charge in [-0.25, -0.2) is 0 Å². The van der Waals surface area contributed by atoms with Crippen LogP contribution in [0.3, 0.4) is 0 Å². The molecule has 0 atom stereocenters. The first-order valence-corrected chi connectivity index (χ1v) is 13.8. The van der Waals surface area contributed by atoms with Crippen molar-refractivity contribution in [3.63, 3.8) is 0 Å². The third-order valence-corrected chi connectivity index (χ3v) is 7.49. The Morgan fingerprint density at radius 2 is 1.86 bits per heavy atom. The zero-order chi connectivity index (χ0) is 27.1. The number of hydrogen-bond donors (Lipinski definition) is 3. The zero-order valence-electron chi connectivity index (χ0n) is 22.5. The molecule has 1 aliphatic rings. The van der Waals surface area contributed by atoms with Gasteiger partial charge in [-0.05, 0) is 76.1 Å². The number of aromatic amines is 1. The van der Waals surface area contributed by atoms with Gasteiger partial charge < -0.3 is 25.3 Å². The number of nitrogens with one attached hydrogen (secondary N) is 3. The zero-order valence-corrected chi connectivity index (χ0v) is 23.3. The van der Waals surface area contributed by atoms with E-state index in [-0.39, 0.29) is 30.5 Å². The van der Waals surface area contributed by atoms with Gasteiger partial charge in [-0.1, -0.05) is 6.58 Å². The second kappa shape index (κ2) is 13.0. The van der Waals surface area contributed by atoms with Gasteiger partial charge in [0.05, 0.1) is 0 Å². The molecular weight excluding hydrogens is 488 g/mol. The largest absolute Gasteiger partial charge is 0.381 e. The van der Waals surface area contributed by atoms with Crippen LogP contribution in [0.1, 0.15) is 59.4 Å². The van der Waals surface area contributed by atoms with Crippen LogP contribution in [-0.2, 0) is 22.6 Å². The summed E-state index contributed by atoms with van der Waals surface area (Å²) < 4.78 is 5.57. The number of hydrogen-bond acceptors (Lipinski definition) is 6. The Kier molecular flexibility index (Phi) is 10.00. The number of aromatic nitrogens is 1. The Balaban J connectivity index is 1.95. The Bertz CT molecular complexity index is 1220. The highest BCUT2D eigenvalue weighted by Crippen LogP contribution is 2.30. The van der Waals surface area contributed by atoms with E-state index in [2.05, 4.69) is 40.1 Å². The van der Waals surface area contributed by atoms with E-state index in [9.17, 15) is 14.4 Å². The Hall–Kier alpha value is -3.04. The minimum absolute atomic E-state index is 0.119.